The molecule has 0 amide bonds. The molecule has 0 spiro atoms. The quantitative estimate of drug-likeness (QED) is 0.508. The summed E-state index contributed by atoms with van der Waals surface area (Å²) in [7, 11) is -0.0685. The molecule has 0 saturated heterocycles. The molecule has 0 aromatic rings. The van der Waals surface area contributed by atoms with Crippen molar-refractivity contribution < 1.29 is 0 Å². The van der Waals surface area contributed by atoms with Crippen LogP contribution in [0.25, 0.3) is 0 Å². The molecule has 0 N–H and O–H groups in total. The first-order valence-electron chi connectivity index (χ1n) is 2.31. The topological polar surface area (TPSA) is 0 Å². The zero-order chi connectivity index (χ0) is 5.70. The maximum Gasteiger partial charge on any atom is 0.0453 e. The van der Waals surface area contributed by atoms with E-state index in [1.165, 1.54) is 6.04 Å². The van der Waals surface area contributed by atoms with Gasteiger partial charge < -0.3 is 0 Å². The average molecular weight is 134 g/mol. The van der Waals surface area contributed by atoms with Gasteiger partial charge in [0.1, 0.15) is 0 Å². The minimum absolute atomic E-state index is 0.0685. The van der Waals surface area contributed by atoms with E-state index >= 15 is 0 Å². The molecule has 2 heteroatoms. The number of rotatable bonds is 2. The Kier molecular flexibility index (Phi) is 4.56. The summed E-state index contributed by atoms with van der Waals surface area (Å²) in [6, 6.07) is 1.19. The molecule has 41 valence electrons. The van der Waals surface area contributed by atoms with Crippen molar-refractivity contribution in [3.8, 4) is 0 Å². The van der Waals surface area contributed by atoms with E-state index in [2.05, 4.69) is 13.1 Å². The van der Waals surface area contributed by atoms with Crippen molar-refractivity contribution in [2.75, 3.05) is 0 Å². The van der Waals surface area contributed by atoms with Gasteiger partial charge in [-0.15, -0.1) is 0 Å². The molecule has 0 aliphatic heterocycles. The lowest BCUT2D eigenvalue weighted by molar-refractivity contribution is 1.62. The van der Waals surface area contributed by atoms with E-state index in [0.717, 1.165) is 0 Å². The van der Waals surface area contributed by atoms with Gasteiger partial charge in [-0.2, -0.15) is 0 Å². The van der Waals surface area contributed by atoms with Crippen LogP contribution in [0.5, 0.6) is 0 Å². The minimum Gasteiger partial charge on any atom is -0.0933 e. The van der Waals surface area contributed by atoms with E-state index in [1.54, 1.807) is 5.54 Å². The molecule has 7 heavy (non-hydrogen) atoms. The van der Waals surface area contributed by atoms with Crippen molar-refractivity contribution in [1.82, 2.24) is 0 Å². The molecule has 0 fully saturated rings. The number of hydrogen-bond donors (Lipinski definition) is 0. The van der Waals surface area contributed by atoms with Gasteiger partial charge in [0.05, 0.1) is 0 Å². The summed E-state index contributed by atoms with van der Waals surface area (Å²) >= 11 is 5.28. The maximum atomic E-state index is 5.28. The van der Waals surface area contributed by atoms with Crippen LogP contribution in [-0.2, 0) is 0 Å². The van der Waals surface area contributed by atoms with Crippen LogP contribution in [0.15, 0.2) is 11.6 Å². The highest BCUT2D eigenvalue weighted by Crippen LogP contribution is 1.92. The summed E-state index contributed by atoms with van der Waals surface area (Å²) in [5.74, 6) is 0. The van der Waals surface area contributed by atoms with Crippen molar-refractivity contribution >= 4 is 20.4 Å². The number of hydrogen-bond acceptors (Lipinski definition) is 0. The van der Waals surface area contributed by atoms with E-state index in [-0.39, 0.29) is 8.80 Å². The Morgan fingerprint density at radius 3 is 2.29 bits per heavy atom. The molecule has 0 aromatic heterocycles. The molecule has 1 radical (unpaired) electrons. The lowest BCUT2D eigenvalue weighted by atomic mass is 10.8. The van der Waals surface area contributed by atoms with Gasteiger partial charge in [-0.3, -0.25) is 0 Å². The third-order valence-electron chi connectivity index (χ3n) is 0.615. The van der Waals surface area contributed by atoms with Crippen LogP contribution in [0.1, 0.15) is 0 Å². The maximum absolute atomic E-state index is 5.28. The fourth-order valence-electron chi connectivity index (χ4n) is 0.280. The Morgan fingerprint density at radius 2 is 2.14 bits per heavy atom. The summed E-state index contributed by atoms with van der Waals surface area (Å²) in [5, 5.41) is 0. The van der Waals surface area contributed by atoms with Crippen LogP contribution in [-0.4, -0.2) is 8.80 Å². The van der Waals surface area contributed by atoms with Gasteiger partial charge in [0.15, 0.2) is 0 Å². The smallest absolute Gasteiger partial charge is 0.0453 e. The highest BCUT2D eigenvalue weighted by Gasteiger charge is 1.87. The fourth-order valence-corrected chi connectivity index (χ4v) is 1.11. The number of halogens is 1. The standard InChI is InChI=1S/C5H10ClSi/c1-7(2)5-3-4-6/h3-4H,5H2,1-2H3/b4-3+. The van der Waals surface area contributed by atoms with Gasteiger partial charge in [-0.05, 0) is 11.6 Å². The molecule has 0 unspecified atom stereocenters. The Hall–Kier alpha value is 0.247. The molecule has 0 aliphatic carbocycles. The van der Waals surface area contributed by atoms with Crippen LogP contribution >= 0.6 is 11.6 Å². The van der Waals surface area contributed by atoms with Gasteiger partial charge in [-0.1, -0.05) is 30.8 Å². The predicted molar refractivity (Wildman–Crippen MR) is 37.3 cm³/mol. The van der Waals surface area contributed by atoms with Crippen LogP contribution in [0.2, 0.25) is 19.1 Å². The molecule has 0 aliphatic rings. The monoisotopic (exact) mass is 133 g/mol. The van der Waals surface area contributed by atoms with E-state index in [1.807, 2.05) is 6.08 Å². The Morgan fingerprint density at radius 1 is 1.57 bits per heavy atom. The largest absolute Gasteiger partial charge is 0.0933 e. The van der Waals surface area contributed by atoms with Gasteiger partial charge in [-0.25, -0.2) is 0 Å². The molecular formula is C5H10ClSi. The first-order valence-corrected chi connectivity index (χ1v) is 5.46. The van der Waals surface area contributed by atoms with Crippen molar-refractivity contribution in [2.24, 2.45) is 0 Å². The molecule has 0 atom stereocenters. The van der Waals surface area contributed by atoms with Crippen molar-refractivity contribution in [1.29, 1.82) is 0 Å². The van der Waals surface area contributed by atoms with E-state index in [0.29, 0.717) is 0 Å². The predicted octanol–water partition coefficient (Wildman–Crippen LogP) is 2.49. The van der Waals surface area contributed by atoms with Crippen LogP contribution < -0.4 is 0 Å². The van der Waals surface area contributed by atoms with Crippen LogP contribution in [0.4, 0.5) is 0 Å². The highest BCUT2D eigenvalue weighted by molar-refractivity contribution is 6.56. The molecule has 0 aromatic carbocycles. The second kappa shape index (κ2) is 4.41. The summed E-state index contributed by atoms with van der Waals surface area (Å²) in [5.41, 5.74) is 1.59. The zero-order valence-corrected chi connectivity index (χ0v) is 6.50. The molecule has 0 bridgehead atoms. The average Bonchev–Trinajstić information content (AvgIpc) is 1.61. The SMILES string of the molecule is C[Si](C)C/C=C/Cl. The van der Waals surface area contributed by atoms with Gasteiger partial charge in [0.2, 0.25) is 0 Å². The van der Waals surface area contributed by atoms with E-state index in [4.69, 9.17) is 11.6 Å². The first-order chi connectivity index (χ1) is 3.27. The first kappa shape index (κ1) is 7.25. The summed E-state index contributed by atoms with van der Waals surface area (Å²) in [6.45, 7) is 4.53. The highest BCUT2D eigenvalue weighted by atomic mass is 35.5. The second-order valence-corrected chi connectivity index (χ2v) is 4.85. The Balaban J connectivity index is 2.97. The molecule has 0 heterocycles. The zero-order valence-electron chi connectivity index (χ0n) is 4.74. The minimum atomic E-state index is -0.0685. The molecular weight excluding hydrogens is 124 g/mol. The van der Waals surface area contributed by atoms with Crippen molar-refractivity contribution in [3.05, 3.63) is 11.6 Å². The Bertz CT molecular complexity index is 59.1. The van der Waals surface area contributed by atoms with E-state index in [9.17, 15) is 0 Å². The van der Waals surface area contributed by atoms with Gasteiger partial charge >= 0.3 is 0 Å². The summed E-state index contributed by atoms with van der Waals surface area (Å²) < 4.78 is 0. The lowest BCUT2D eigenvalue weighted by Gasteiger charge is -1.90. The third-order valence-corrected chi connectivity index (χ3v) is 1.85. The van der Waals surface area contributed by atoms with Gasteiger partial charge in [0, 0.05) is 8.80 Å². The second-order valence-electron chi connectivity index (χ2n) is 1.77. The summed E-state index contributed by atoms with van der Waals surface area (Å²) in [4.78, 5) is 0. The van der Waals surface area contributed by atoms with Crippen LogP contribution in [0, 0.1) is 0 Å². The normalized spacial score (nSPS) is 11.4. The third kappa shape index (κ3) is 6.25. The lowest BCUT2D eigenvalue weighted by Crippen LogP contribution is -1.94. The molecule has 0 nitrogen and oxygen atoms in total. The number of allylic oxidation sites excluding steroid dienone is 1. The van der Waals surface area contributed by atoms with Crippen LogP contribution in [0.3, 0.4) is 0 Å². The molecule has 0 rings (SSSR count). The van der Waals surface area contributed by atoms with Crippen molar-refractivity contribution in [2.45, 2.75) is 19.1 Å². The van der Waals surface area contributed by atoms with E-state index < -0.39 is 0 Å². The fraction of sp³-hybridized carbons (Fsp3) is 0.600. The van der Waals surface area contributed by atoms with Crippen molar-refractivity contribution in [3.63, 3.8) is 0 Å². The Labute approximate surface area is 51.8 Å². The summed E-state index contributed by atoms with van der Waals surface area (Å²) in [6.07, 6.45) is 2.01. The molecule has 0 saturated carbocycles. The van der Waals surface area contributed by atoms with Gasteiger partial charge in [0.25, 0.3) is 0 Å².